The fraction of sp³-hybridized carbons (Fsp3) is 0.529. The Labute approximate surface area is 137 Å². The lowest BCUT2D eigenvalue weighted by molar-refractivity contribution is -0.188. The summed E-state index contributed by atoms with van der Waals surface area (Å²) in [6, 6.07) is 3.69. The number of benzene rings is 1. The van der Waals surface area contributed by atoms with Crippen LogP contribution in [0.1, 0.15) is 40.7 Å². The molecule has 24 heavy (non-hydrogen) atoms. The smallest absolute Gasteiger partial charge is 0.471 e. The molecule has 1 aromatic carbocycles. The molecule has 1 fully saturated rings. The third kappa shape index (κ3) is 2.87. The number of hydrogen-bond acceptors (Lipinski definition) is 3. The van der Waals surface area contributed by atoms with Gasteiger partial charge in [-0.15, -0.1) is 0 Å². The van der Waals surface area contributed by atoms with E-state index in [-0.39, 0.29) is 38.1 Å². The van der Waals surface area contributed by atoms with E-state index in [2.05, 4.69) is 0 Å². The van der Waals surface area contributed by atoms with E-state index in [0.717, 1.165) is 16.0 Å². The van der Waals surface area contributed by atoms with Gasteiger partial charge in [0.1, 0.15) is 11.4 Å². The van der Waals surface area contributed by atoms with Crippen LogP contribution in [0.4, 0.5) is 13.2 Å². The van der Waals surface area contributed by atoms with Crippen molar-refractivity contribution in [3.63, 3.8) is 0 Å². The van der Waals surface area contributed by atoms with Crippen LogP contribution in [0.25, 0.3) is 0 Å². The van der Waals surface area contributed by atoms with Gasteiger partial charge in [-0.3, -0.25) is 9.59 Å². The Bertz CT molecular complexity index is 704. The van der Waals surface area contributed by atoms with E-state index in [0.29, 0.717) is 11.3 Å². The van der Waals surface area contributed by atoms with Crippen LogP contribution in [0.2, 0.25) is 0 Å². The van der Waals surface area contributed by atoms with Crippen LogP contribution in [0.3, 0.4) is 0 Å². The fourth-order valence-corrected chi connectivity index (χ4v) is 3.59. The van der Waals surface area contributed by atoms with Gasteiger partial charge in [-0.2, -0.15) is 13.2 Å². The summed E-state index contributed by atoms with van der Waals surface area (Å²) in [5, 5.41) is 0. The minimum Gasteiger partial charge on any atom is -0.486 e. The van der Waals surface area contributed by atoms with Gasteiger partial charge in [0.05, 0.1) is 12.0 Å². The maximum atomic E-state index is 12.5. The molecule has 0 aromatic heterocycles. The quantitative estimate of drug-likeness (QED) is 0.728. The molecule has 3 rings (SSSR count). The first kappa shape index (κ1) is 16.8. The van der Waals surface area contributed by atoms with Gasteiger partial charge in [-0.1, -0.05) is 6.07 Å². The molecule has 130 valence electrons. The van der Waals surface area contributed by atoms with Gasteiger partial charge in [-0.25, -0.2) is 0 Å². The van der Waals surface area contributed by atoms with Crippen molar-refractivity contribution >= 4 is 11.7 Å². The molecule has 0 atom stereocenters. The van der Waals surface area contributed by atoms with E-state index in [1.165, 1.54) is 0 Å². The van der Waals surface area contributed by atoms with Crippen molar-refractivity contribution in [1.29, 1.82) is 0 Å². The van der Waals surface area contributed by atoms with Gasteiger partial charge >= 0.3 is 12.1 Å². The molecule has 1 saturated heterocycles. The van der Waals surface area contributed by atoms with Gasteiger partial charge in [-0.05, 0) is 31.0 Å². The zero-order chi connectivity index (χ0) is 17.7. The SMILES string of the molecule is Cc1cc(C)c2c(c1)OC1(CCN(C(=O)C(F)(F)F)CC1)CC2=O. The lowest BCUT2D eigenvalue weighted by Crippen LogP contribution is -2.54. The molecule has 4 nitrogen and oxygen atoms in total. The van der Waals surface area contributed by atoms with Gasteiger partial charge in [0.15, 0.2) is 5.78 Å². The topological polar surface area (TPSA) is 46.6 Å². The summed E-state index contributed by atoms with van der Waals surface area (Å²) in [4.78, 5) is 24.6. The summed E-state index contributed by atoms with van der Waals surface area (Å²) in [6.07, 6.45) is -4.30. The van der Waals surface area contributed by atoms with Gasteiger partial charge in [0.2, 0.25) is 0 Å². The van der Waals surface area contributed by atoms with Crippen LogP contribution in [-0.2, 0) is 4.79 Å². The third-order valence-electron chi connectivity index (χ3n) is 4.74. The molecule has 0 bridgehead atoms. The Morgan fingerprint density at radius 3 is 2.42 bits per heavy atom. The zero-order valence-corrected chi connectivity index (χ0v) is 13.5. The molecular weight excluding hydrogens is 323 g/mol. The zero-order valence-electron chi connectivity index (χ0n) is 13.5. The minimum atomic E-state index is -4.87. The molecule has 7 heteroatoms. The molecule has 0 radical (unpaired) electrons. The average molecular weight is 341 g/mol. The van der Waals surface area contributed by atoms with Crippen LogP contribution in [-0.4, -0.2) is 41.5 Å². The standard InChI is InChI=1S/C17H18F3NO3/c1-10-7-11(2)14-12(22)9-16(24-13(14)8-10)3-5-21(6-4-16)15(23)17(18,19)20/h7-8H,3-6,9H2,1-2H3. The van der Waals surface area contributed by atoms with Crippen molar-refractivity contribution < 1.29 is 27.5 Å². The molecule has 1 amide bonds. The Balaban J connectivity index is 1.80. The molecule has 1 spiro atoms. The molecule has 2 aliphatic rings. The van der Waals surface area contributed by atoms with Crippen LogP contribution < -0.4 is 4.74 Å². The molecular formula is C17H18F3NO3. The monoisotopic (exact) mass is 341 g/mol. The second-order valence-electron chi connectivity index (χ2n) is 6.63. The van der Waals surface area contributed by atoms with E-state index in [1.54, 1.807) is 6.07 Å². The molecule has 0 N–H and O–H groups in total. The van der Waals surface area contributed by atoms with Gasteiger partial charge < -0.3 is 9.64 Å². The number of hydrogen-bond donors (Lipinski definition) is 0. The highest BCUT2D eigenvalue weighted by molar-refractivity contribution is 6.01. The van der Waals surface area contributed by atoms with Crippen LogP contribution in [0.15, 0.2) is 12.1 Å². The summed E-state index contributed by atoms with van der Waals surface area (Å²) in [5.74, 6) is -1.38. The van der Waals surface area contributed by atoms with Gasteiger partial charge in [0, 0.05) is 25.9 Å². The number of amides is 1. The van der Waals surface area contributed by atoms with E-state index >= 15 is 0 Å². The number of carbonyl (C=O) groups excluding carboxylic acids is 2. The number of halogens is 3. The number of Topliss-reactive ketones (excluding diaryl/α,β-unsaturated/α-hetero) is 1. The largest absolute Gasteiger partial charge is 0.486 e. The van der Waals surface area contributed by atoms with Crippen LogP contribution in [0, 0.1) is 13.8 Å². The summed E-state index contributed by atoms with van der Waals surface area (Å²) in [5.41, 5.74) is 1.54. The van der Waals surface area contributed by atoms with E-state index in [9.17, 15) is 22.8 Å². The molecule has 2 heterocycles. The first-order chi connectivity index (χ1) is 11.1. The van der Waals surface area contributed by atoms with Crippen molar-refractivity contribution in [2.75, 3.05) is 13.1 Å². The number of nitrogens with zero attached hydrogens (tertiary/aromatic N) is 1. The van der Waals surface area contributed by atoms with E-state index in [1.807, 2.05) is 19.9 Å². The number of fused-ring (bicyclic) bond motifs is 1. The first-order valence-electron chi connectivity index (χ1n) is 7.81. The minimum absolute atomic E-state index is 0.0515. The number of ether oxygens (including phenoxy) is 1. The van der Waals surface area contributed by atoms with Crippen LogP contribution >= 0.6 is 0 Å². The number of ketones is 1. The molecule has 0 saturated carbocycles. The maximum absolute atomic E-state index is 12.5. The Morgan fingerprint density at radius 2 is 1.83 bits per heavy atom. The normalized spacial score (nSPS) is 19.9. The molecule has 1 aromatic rings. The summed E-state index contributed by atoms with van der Waals surface area (Å²) in [6.45, 7) is 3.61. The van der Waals surface area contributed by atoms with Crippen molar-refractivity contribution in [3.8, 4) is 5.75 Å². The van der Waals surface area contributed by atoms with Gasteiger partial charge in [0.25, 0.3) is 0 Å². The maximum Gasteiger partial charge on any atom is 0.471 e. The lowest BCUT2D eigenvalue weighted by Gasteiger charge is -2.44. The number of piperidine rings is 1. The molecule has 0 unspecified atom stereocenters. The fourth-order valence-electron chi connectivity index (χ4n) is 3.59. The van der Waals surface area contributed by atoms with E-state index < -0.39 is 17.7 Å². The van der Waals surface area contributed by atoms with E-state index in [4.69, 9.17) is 4.74 Å². The summed E-state index contributed by atoms with van der Waals surface area (Å²) < 4.78 is 43.7. The highest BCUT2D eigenvalue weighted by atomic mass is 19.4. The predicted molar refractivity (Wildman–Crippen MR) is 80.1 cm³/mol. The summed E-state index contributed by atoms with van der Waals surface area (Å²) >= 11 is 0. The lowest BCUT2D eigenvalue weighted by atomic mass is 9.81. The second kappa shape index (κ2) is 5.50. The number of carbonyl (C=O) groups is 2. The van der Waals surface area contributed by atoms with Crippen LogP contribution in [0.5, 0.6) is 5.75 Å². The third-order valence-corrected chi connectivity index (χ3v) is 4.74. The Hall–Kier alpha value is -2.05. The first-order valence-corrected chi connectivity index (χ1v) is 7.81. The average Bonchev–Trinajstić information content (AvgIpc) is 2.45. The molecule has 0 aliphatic carbocycles. The van der Waals surface area contributed by atoms with Crippen molar-refractivity contribution in [2.45, 2.75) is 44.9 Å². The Kier molecular flexibility index (Phi) is 3.85. The number of likely N-dealkylation sites (tertiary alicyclic amines) is 1. The number of rotatable bonds is 0. The second-order valence-corrected chi connectivity index (χ2v) is 6.63. The summed E-state index contributed by atoms with van der Waals surface area (Å²) in [7, 11) is 0. The number of alkyl halides is 3. The van der Waals surface area contributed by atoms with Crippen molar-refractivity contribution in [3.05, 3.63) is 28.8 Å². The predicted octanol–water partition coefficient (Wildman–Crippen LogP) is 3.19. The van der Waals surface area contributed by atoms with Crippen molar-refractivity contribution in [1.82, 2.24) is 4.90 Å². The molecule has 2 aliphatic heterocycles. The number of aryl methyl sites for hydroxylation is 2. The highest BCUT2D eigenvalue weighted by Crippen LogP contribution is 2.41. The Morgan fingerprint density at radius 1 is 1.21 bits per heavy atom. The highest BCUT2D eigenvalue weighted by Gasteiger charge is 2.48. The van der Waals surface area contributed by atoms with Crippen molar-refractivity contribution in [2.24, 2.45) is 0 Å².